The number of hydrogen-bond donors (Lipinski definition) is 2. The Balaban J connectivity index is 2.09. The summed E-state index contributed by atoms with van der Waals surface area (Å²) in [6.07, 6.45) is 1.99. The van der Waals surface area contributed by atoms with E-state index < -0.39 is 0 Å². The van der Waals surface area contributed by atoms with Gasteiger partial charge in [-0.15, -0.1) is 0 Å². The molecule has 16 heavy (non-hydrogen) atoms. The molecule has 0 amide bonds. The molecule has 1 aromatic rings. The lowest BCUT2D eigenvalue weighted by molar-refractivity contribution is 0.0903. The number of hydrogen-bond acceptors (Lipinski definition) is 5. The van der Waals surface area contributed by atoms with E-state index in [1.807, 2.05) is 6.92 Å². The van der Waals surface area contributed by atoms with Crippen molar-refractivity contribution < 1.29 is 4.74 Å². The van der Waals surface area contributed by atoms with Gasteiger partial charge in [0.05, 0.1) is 9.26 Å². The number of rotatable bonds is 2. The number of nitrogens with one attached hydrogen (secondary N) is 1. The summed E-state index contributed by atoms with van der Waals surface area (Å²) < 4.78 is 6.22. The van der Waals surface area contributed by atoms with Gasteiger partial charge in [-0.25, -0.2) is 4.98 Å². The molecular weight excluding hydrogens is 319 g/mol. The van der Waals surface area contributed by atoms with Crippen molar-refractivity contribution in [1.82, 2.24) is 9.97 Å². The zero-order chi connectivity index (χ0) is 11.5. The Morgan fingerprint density at radius 1 is 1.38 bits per heavy atom. The van der Waals surface area contributed by atoms with Crippen molar-refractivity contribution in [1.29, 1.82) is 0 Å². The van der Waals surface area contributed by atoms with E-state index in [0.717, 1.165) is 35.3 Å². The highest BCUT2D eigenvalue weighted by Gasteiger charge is 2.15. The lowest BCUT2D eigenvalue weighted by Crippen LogP contribution is -2.29. The summed E-state index contributed by atoms with van der Waals surface area (Å²) in [7, 11) is 0. The third-order valence-corrected chi connectivity index (χ3v) is 3.93. The van der Waals surface area contributed by atoms with E-state index in [4.69, 9.17) is 10.5 Å². The number of nitrogens with two attached hydrogens (primary N) is 1. The van der Waals surface area contributed by atoms with Gasteiger partial charge in [-0.2, -0.15) is 4.98 Å². The van der Waals surface area contributed by atoms with Crippen molar-refractivity contribution in [2.75, 3.05) is 24.3 Å². The number of nitrogens with zero attached hydrogens (tertiary/aromatic N) is 2. The first-order chi connectivity index (χ1) is 7.66. The van der Waals surface area contributed by atoms with Crippen LogP contribution in [0.25, 0.3) is 0 Å². The zero-order valence-electron chi connectivity index (χ0n) is 9.16. The monoisotopic (exact) mass is 334 g/mol. The van der Waals surface area contributed by atoms with Crippen LogP contribution in [0.4, 0.5) is 11.8 Å². The highest BCUT2D eigenvalue weighted by molar-refractivity contribution is 14.1. The van der Waals surface area contributed by atoms with Crippen LogP contribution in [0.15, 0.2) is 0 Å². The standard InChI is InChI=1S/C10H15IN4O/c1-6-8(11)9(12)15-10(13-6)14-7-2-4-16-5-3-7/h7H,2-5H2,1H3,(H3,12,13,14,15). The number of aromatic nitrogens is 2. The van der Waals surface area contributed by atoms with Crippen molar-refractivity contribution in [3.8, 4) is 0 Å². The number of anilines is 2. The van der Waals surface area contributed by atoms with Gasteiger partial charge in [0.2, 0.25) is 5.95 Å². The minimum Gasteiger partial charge on any atom is -0.383 e. The van der Waals surface area contributed by atoms with Gasteiger partial charge in [0.1, 0.15) is 5.82 Å². The van der Waals surface area contributed by atoms with Crippen molar-refractivity contribution in [2.24, 2.45) is 0 Å². The minimum atomic E-state index is 0.396. The molecule has 0 radical (unpaired) electrons. The fraction of sp³-hybridized carbons (Fsp3) is 0.600. The van der Waals surface area contributed by atoms with Crippen LogP contribution in [0.3, 0.4) is 0 Å². The van der Waals surface area contributed by atoms with E-state index in [1.54, 1.807) is 0 Å². The second-order valence-electron chi connectivity index (χ2n) is 3.86. The van der Waals surface area contributed by atoms with Gasteiger partial charge in [-0.05, 0) is 42.4 Å². The molecule has 88 valence electrons. The molecule has 3 N–H and O–H groups in total. The third-order valence-electron chi connectivity index (χ3n) is 2.60. The number of nitrogen functional groups attached to an aromatic ring is 1. The third kappa shape index (κ3) is 2.73. The van der Waals surface area contributed by atoms with Gasteiger partial charge in [-0.1, -0.05) is 0 Å². The molecule has 1 aliphatic heterocycles. The average molecular weight is 334 g/mol. The molecular formula is C10H15IN4O. The molecule has 1 aromatic heterocycles. The van der Waals surface area contributed by atoms with Crippen LogP contribution in [0, 0.1) is 10.5 Å². The first-order valence-electron chi connectivity index (χ1n) is 5.30. The maximum atomic E-state index is 5.80. The summed E-state index contributed by atoms with van der Waals surface area (Å²) in [6.45, 7) is 3.54. The minimum absolute atomic E-state index is 0.396. The molecule has 0 bridgehead atoms. The van der Waals surface area contributed by atoms with Crippen LogP contribution >= 0.6 is 22.6 Å². The largest absolute Gasteiger partial charge is 0.383 e. The first kappa shape index (κ1) is 11.8. The molecule has 0 atom stereocenters. The summed E-state index contributed by atoms with van der Waals surface area (Å²) in [4.78, 5) is 8.61. The van der Waals surface area contributed by atoms with Crippen LogP contribution in [0.1, 0.15) is 18.5 Å². The molecule has 0 saturated carbocycles. The van der Waals surface area contributed by atoms with E-state index in [0.29, 0.717) is 17.8 Å². The van der Waals surface area contributed by atoms with Crippen molar-refractivity contribution in [2.45, 2.75) is 25.8 Å². The fourth-order valence-corrected chi connectivity index (χ4v) is 1.91. The Hall–Kier alpha value is -0.630. The van der Waals surface area contributed by atoms with E-state index in [1.165, 1.54) is 0 Å². The molecule has 0 spiro atoms. The molecule has 1 saturated heterocycles. The molecule has 5 nitrogen and oxygen atoms in total. The van der Waals surface area contributed by atoms with Gasteiger partial charge in [0.15, 0.2) is 0 Å². The maximum absolute atomic E-state index is 5.80. The zero-order valence-corrected chi connectivity index (χ0v) is 11.3. The number of aryl methyl sites for hydroxylation is 1. The van der Waals surface area contributed by atoms with Crippen LogP contribution in [-0.2, 0) is 4.74 Å². The van der Waals surface area contributed by atoms with Gasteiger partial charge >= 0.3 is 0 Å². The Labute approximate surface area is 108 Å². The van der Waals surface area contributed by atoms with Crippen LogP contribution in [-0.4, -0.2) is 29.2 Å². The highest BCUT2D eigenvalue weighted by atomic mass is 127. The van der Waals surface area contributed by atoms with E-state index in [2.05, 4.69) is 37.9 Å². The van der Waals surface area contributed by atoms with Gasteiger partial charge in [-0.3, -0.25) is 0 Å². The molecule has 1 fully saturated rings. The number of ether oxygens (including phenoxy) is 1. The Bertz CT molecular complexity index is 356. The maximum Gasteiger partial charge on any atom is 0.225 e. The Morgan fingerprint density at radius 2 is 2.06 bits per heavy atom. The summed E-state index contributed by atoms with van der Waals surface area (Å²) in [5.41, 5.74) is 6.72. The summed E-state index contributed by atoms with van der Waals surface area (Å²) in [5, 5.41) is 3.30. The smallest absolute Gasteiger partial charge is 0.225 e. The van der Waals surface area contributed by atoms with Gasteiger partial charge in [0, 0.05) is 19.3 Å². The molecule has 0 unspecified atom stereocenters. The highest BCUT2D eigenvalue weighted by Crippen LogP contribution is 2.19. The second-order valence-corrected chi connectivity index (χ2v) is 4.94. The molecule has 6 heteroatoms. The first-order valence-corrected chi connectivity index (χ1v) is 6.38. The van der Waals surface area contributed by atoms with E-state index in [9.17, 15) is 0 Å². The lowest BCUT2D eigenvalue weighted by Gasteiger charge is -2.23. The van der Waals surface area contributed by atoms with Crippen LogP contribution in [0.5, 0.6) is 0 Å². The SMILES string of the molecule is Cc1nc(NC2CCOCC2)nc(N)c1I. The topological polar surface area (TPSA) is 73.1 Å². The van der Waals surface area contributed by atoms with Crippen LogP contribution in [0.2, 0.25) is 0 Å². The Morgan fingerprint density at radius 3 is 2.69 bits per heavy atom. The summed E-state index contributed by atoms with van der Waals surface area (Å²) in [6, 6.07) is 0.396. The quantitative estimate of drug-likeness (QED) is 0.803. The predicted octanol–water partition coefficient (Wildman–Crippen LogP) is 1.56. The average Bonchev–Trinajstić information content (AvgIpc) is 2.27. The molecule has 0 aliphatic carbocycles. The van der Waals surface area contributed by atoms with Gasteiger partial charge < -0.3 is 15.8 Å². The molecule has 2 heterocycles. The van der Waals surface area contributed by atoms with Crippen LogP contribution < -0.4 is 11.1 Å². The van der Waals surface area contributed by atoms with Crippen molar-refractivity contribution in [3.63, 3.8) is 0 Å². The molecule has 1 aliphatic rings. The van der Waals surface area contributed by atoms with Crippen molar-refractivity contribution >= 4 is 34.4 Å². The Kier molecular flexibility index (Phi) is 3.80. The summed E-state index contributed by atoms with van der Waals surface area (Å²) >= 11 is 2.16. The molecule has 2 rings (SSSR count). The normalized spacial score (nSPS) is 17.4. The molecule has 0 aromatic carbocycles. The second kappa shape index (κ2) is 5.13. The van der Waals surface area contributed by atoms with E-state index >= 15 is 0 Å². The lowest BCUT2D eigenvalue weighted by atomic mass is 10.1. The predicted molar refractivity (Wildman–Crippen MR) is 71.4 cm³/mol. The van der Waals surface area contributed by atoms with E-state index in [-0.39, 0.29) is 0 Å². The number of halogens is 1. The fourth-order valence-electron chi connectivity index (χ4n) is 1.67. The van der Waals surface area contributed by atoms with Crippen molar-refractivity contribution in [3.05, 3.63) is 9.26 Å². The van der Waals surface area contributed by atoms with Gasteiger partial charge in [0.25, 0.3) is 0 Å². The summed E-state index contributed by atoms with van der Waals surface area (Å²) in [5.74, 6) is 1.17.